The average Bonchev–Trinajstić information content (AvgIpc) is 2.86. The Morgan fingerprint density at radius 1 is 1.11 bits per heavy atom. The minimum atomic E-state index is -0.793. The standard InChI is InChI=1S/C24H16BrIN4O7/c1-2-36-22-11-14(9-15(13-27)24(31)28-17-5-3-16(26)4-6-17)10-19(25)23(22)37-21-8-7-18(29(32)33)12-20(21)30(34)35/h3-12H,2H2,1H3,(H,28,31)/b15-9+. The molecule has 37 heavy (non-hydrogen) atoms. The van der Waals surface area contributed by atoms with Crippen molar-refractivity contribution in [2.75, 3.05) is 11.9 Å². The zero-order valence-corrected chi connectivity index (χ0v) is 22.7. The summed E-state index contributed by atoms with van der Waals surface area (Å²) in [7, 11) is 0. The van der Waals surface area contributed by atoms with E-state index in [9.17, 15) is 30.3 Å². The van der Waals surface area contributed by atoms with Crippen LogP contribution >= 0.6 is 38.5 Å². The lowest BCUT2D eigenvalue weighted by molar-refractivity contribution is -0.394. The van der Waals surface area contributed by atoms with Gasteiger partial charge in [-0.3, -0.25) is 25.0 Å². The van der Waals surface area contributed by atoms with Crippen LogP contribution in [0.4, 0.5) is 17.1 Å². The molecule has 0 aromatic heterocycles. The van der Waals surface area contributed by atoms with Crippen LogP contribution in [0.3, 0.4) is 0 Å². The van der Waals surface area contributed by atoms with Crippen molar-refractivity contribution in [2.45, 2.75) is 6.92 Å². The van der Waals surface area contributed by atoms with Gasteiger partial charge in [0.25, 0.3) is 11.6 Å². The Morgan fingerprint density at radius 2 is 1.81 bits per heavy atom. The average molecular weight is 679 g/mol. The van der Waals surface area contributed by atoms with Gasteiger partial charge in [0.05, 0.1) is 27.0 Å². The van der Waals surface area contributed by atoms with Crippen LogP contribution in [0, 0.1) is 35.1 Å². The number of rotatable bonds is 9. The number of amides is 1. The van der Waals surface area contributed by atoms with Crippen LogP contribution in [-0.4, -0.2) is 22.4 Å². The predicted octanol–water partition coefficient (Wildman–Crippen LogP) is 6.61. The third-order valence-corrected chi connectivity index (χ3v) is 5.98. The second kappa shape index (κ2) is 12.3. The molecule has 0 fully saturated rings. The molecule has 0 radical (unpaired) electrons. The van der Waals surface area contributed by atoms with Crippen molar-refractivity contribution < 1.29 is 24.1 Å². The number of ether oxygens (including phenoxy) is 2. The Labute approximate surface area is 232 Å². The number of halogens is 2. The Hall–Kier alpha value is -4.03. The third-order valence-electron chi connectivity index (χ3n) is 4.67. The minimum absolute atomic E-state index is 0.0674. The summed E-state index contributed by atoms with van der Waals surface area (Å²) in [5, 5.41) is 34.7. The van der Waals surface area contributed by atoms with E-state index in [4.69, 9.17) is 9.47 Å². The van der Waals surface area contributed by atoms with E-state index in [2.05, 4.69) is 43.8 Å². The Kier molecular flexibility index (Phi) is 9.15. The van der Waals surface area contributed by atoms with Gasteiger partial charge in [-0.1, -0.05) is 0 Å². The molecule has 0 aliphatic carbocycles. The first-order valence-electron chi connectivity index (χ1n) is 10.4. The molecular weight excluding hydrogens is 663 g/mol. The first kappa shape index (κ1) is 27.6. The number of anilines is 1. The number of carbonyl (C=O) groups is 1. The van der Waals surface area contributed by atoms with Crippen molar-refractivity contribution in [3.05, 3.63) is 94.0 Å². The van der Waals surface area contributed by atoms with Crippen LogP contribution in [-0.2, 0) is 4.79 Å². The lowest BCUT2D eigenvalue weighted by Crippen LogP contribution is -2.13. The zero-order valence-electron chi connectivity index (χ0n) is 18.9. The van der Waals surface area contributed by atoms with E-state index in [1.165, 1.54) is 18.2 Å². The quantitative estimate of drug-likeness (QED) is 0.0871. The molecular formula is C24H16BrIN4O7. The first-order chi connectivity index (χ1) is 17.6. The van der Waals surface area contributed by atoms with E-state index in [1.807, 2.05) is 18.2 Å². The van der Waals surface area contributed by atoms with Gasteiger partial charge < -0.3 is 14.8 Å². The number of nitrogens with one attached hydrogen (secondary N) is 1. The summed E-state index contributed by atoms with van der Waals surface area (Å²) < 4.78 is 12.7. The fourth-order valence-electron chi connectivity index (χ4n) is 3.04. The molecule has 188 valence electrons. The highest BCUT2D eigenvalue weighted by Gasteiger charge is 2.24. The van der Waals surface area contributed by atoms with E-state index in [0.717, 1.165) is 21.8 Å². The lowest BCUT2D eigenvalue weighted by Gasteiger charge is -2.14. The topological polar surface area (TPSA) is 158 Å². The van der Waals surface area contributed by atoms with Crippen molar-refractivity contribution in [3.8, 4) is 23.3 Å². The van der Waals surface area contributed by atoms with E-state index < -0.39 is 27.1 Å². The number of nitrogens with zero attached hydrogens (tertiary/aromatic N) is 3. The summed E-state index contributed by atoms with van der Waals surface area (Å²) in [6, 6.07) is 14.9. The summed E-state index contributed by atoms with van der Waals surface area (Å²) in [5.74, 6) is -0.626. The highest BCUT2D eigenvalue weighted by molar-refractivity contribution is 14.1. The summed E-state index contributed by atoms with van der Waals surface area (Å²) in [4.78, 5) is 33.6. The van der Waals surface area contributed by atoms with Crippen LogP contribution in [0.1, 0.15) is 12.5 Å². The minimum Gasteiger partial charge on any atom is -0.490 e. The van der Waals surface area contributed by atoms with Crippen LogP contribution in [0.5, 0.6) is 17.2 Å². The predicted molar refractivity (Wildman–Crippen MR) is 147 cm³/mol. The summed E-state index contributed by atoms with van der Waals surface area (Å²) in [5.41, 5.74) is -0.304. The number of nitriles is 1. The van der Waals surface area contributed by atoms with E-state index in [-0.39, 0.29) is 29.4 Å². The van der Waals surface area contributed by atoms with Gasteiger partial charge in [0.1, 0.15) is 11.6 Å². The molecule has 1 N–H and O–H groups in total. The van der Waals surface area contributed by atoms with Crippen molar-refractivity contribution in [1.29, 1.82) is 5.26 Å². The second-order valence-electron chi connectivity index (χ2n) is 7.16. The van der Waals surface area contributed by atoms with Gasteiger partial charge in [0.15, 0.2) is 11.5 Å². The normalized spacial score (nSPS) is 10.8. The fourth-order valence-corrected chi connectivity index (χ4v) is 3.94. The van der Waals surface area contributed by atoms with Crippen LogP contribution < -0.4 is 14.8 Å². The van der Waals surface area contributed by atoms with Gasteiger partial charge in [-0.15, -0.1) is 0 Å². The van der Waals surface area contributed by atoms with Gasteiger partial charge in [-0.2, -0.15) is 5.26 Å². The highest BCUT2D eigenvalue weighted by Crippen LogP contribution is 2.43. The molecule has 0 heterocycles. The number of nitro groups is 2. The van der Waals surface area contributed by atoms with Crippen molar-refractivity contribution in [3.63, 3.8) is 0 Å². The molecule has 1 amide bonds. The highest BCUT2D eigenvalue weighted by atomic mass is 127. The largest absolute Gasteiger partial charge is 0.490 e. The molecule has 0 unspecified atom stereocenters. The summed E-state index contributed by atoms with van der Waals surface area (Å²) in [6.45, 7) is 1.92. The van der Waals surface area contributed by atoms with E-state index in [1.54, 1.807) is 19.1 Å². The molecule has 0 atom stereocenters. The second-order valence-corrected chi connectivity index (χ2v) is 9.26. The molecule has 0 spiro atoms. The molecule has 0 aliphatic rings. The van der Waals surface area contributed by atoms with Crippen molar-refractivity contribution in [2.24, 2.45) is 0 Å². The number of nitro benzene ring substituents is 2. The van der Waals surface area contributed by atoms with Gasteiger partial charge in [0.2, 0.25) is 5.75 Å². The molecule has 13 heteroatoms. The van der Waals surface area contributed by atoms with Crippen molar-refractivity contribution >= 4 is 67.6 Å². The lowest BCUT2D eigenvalue weighted by atomic mass is 10.1. The molecule has 3 aromatic carbocycles. The molecule has 0 saturated carbocycles. The van der Waals surface area contributed by atoms with Gasteiger partial charge >= 0.3 is 5.69 Å². The maximum absolute atomic E-state index is 12.6. The first-order valence-corrected chi connectivity index (χ1v) is 12.3. The SMILES string of the molecule is CCOc1cc(/C=C(\C#N)C(=O)Nc2ccc(I)cc2)cc(Br)c1Oc1ccc([N+](=O)[O-])cc1[N+](=O)[O-]. The van der Waals surface area contributed by atoms with Crippen LogP contribution in [0.25, 0.3) is 6.08 Å². The Balaban J connectivity index is 1.97. The molecule has 3 aromatic rings. The van der Waals surface area contributed by atoms with Gasteiger partial charge in [-0.05, 0) is 99.5 Å². The van der Waals surface area contributed by atoms with E-state index >= 15 is 0 Å². The third kappa shape index (κ3) is 7.02. The van der Waals surface area contributed by atoms with Crippen molar-refractivity contribution in [1.82, 2.24) is 0 Å². The number of carbonyl (C=O) groups excluding carboxylic acids is 1. The Morgan fingerprint density at radius 3 is 2.41 bits per heavy atom. The fraction of sp³-hybridized carbons (Fsp3) is 0.0833. The van der Waals surface area contributed by atoms with Crippen LogP contribution in [0.2, 0.25) is 0 Å². The summed E-state index contributed by atoms with van der Waals surface area (Å²) in [6.07, 6.45) is 1.35. The molecule has 0 saturated heterocycles. The zero-order chi connectivity index (χ0) is 27.1. The van der Waals surface area contributed by atoms with Gasteiger partial charge in [-0.25, -0.2) is 0 Å². The number of benzene rings is 3. The molecule has 3 rings (SSSR count). The molecule has 0 aliphatic heterocycles. The van der Waals surface area contributed by atoms with E-state index in [0.29, 0.717) is 15.7 Å². The number of hydrogen-bond acceptors (Lipinski definition) is 8. The number of hydrogen-bond donors (Lipinski definition) is 1. The monoisotopic (exact) mass is 678 g/mol. The molecule has 11 nitrogen and oxygen atoms in total. The smallest absolute Gasteiger partial charge is 0.318 e. The molecule has 0 bridgehead atoms. The van der Waals surface area contributed by atoms with Crippen LogP contribution in [0.15, 0.2) is 64.6 Å². The summed E-state index contributed by atoms with van der Waals surface area (Å²) >= 11 is 5.47. The Bertz CT molecular complexity index is 1450. The maximum atomic E-state index is 12.6. The number of non-ortho nitro benzene ring substituents is 1. The van der Waals surface area contributed by atoms with Gasteiger partial charge in [0, 0.05) is 15.3 Å². The maximum Gasteiger partial charge on any atom is 0.318 e.